The molecule has 2 rings (SSSR count). The summed E-state index contributed by atoms with van der Waals surface area (Å²) in [7, 11) is 0. The van der Waals surface area contributed by atoms with Crippen molar-refractivity contribution >= 4 is 0 Å². The molecule has 0 aliphatic heterocycles. The van der Waals surface area contributed by atoms with Crippen LogP contribution < -0.4 is 10.5 Å². The lowest BCUT2D eigenvalue weighted by Crippen LogP contribution is -2.10. The van der Waals surface area contributed by atoms with E-state index in [-0.39, 0.29) is 11.4 Å². The van der Waals surface area contributed by atoms with Gasteiger partial charge in [0.25, 0.3) is 0 Å². The molecule has 2 N–H and O–H groups in total. The third kappa shape index (κ3) is 3.49. The second-order valence-corrected chi connectivity index (χ2v) is 4.42. The van der Waals surface area contributed by atoms with Crippen molar-refractivity contribution in [2.45, 2.75) is 19.1 Å². The van der Waals surface area contributed by atoms with E-state index in [1.165, 1.54) is 12.1 Å². The number of alkyl halides is 3. The Balaban J connectivity index is 2.33. The predicted octanol–water partition coefficient (Wildman–Crippen LogP) is 4.05. The zero-order chi connectivity index (χ0) is 15.6. The van der Waals surface area contributed by atoms with Crippen molar-refractivity contribution in [1.82, 2.24) is 4.98 Å². The predicted molar refractivity (Wildman–Crippen MR) is 68.3 cm³/mol. The van der Waals surface area contributed by atoms with Crippen LogP contribution in [0.4, 0.5) is 17.6 Å². The highest BCUT2D eigenvalue weighted by molar-refractivity contribution is 5.39. The molecule has 0 amide bonds. The van der Waals surface area contributed by atoms with Gasteiger partial charge in [0.15, 0.2) is 0 Å². The highest BCUT2D eigenvalue weighted by Gasteiger charge is 2.34. The van der Waals surface area contributed by atoms with Crippen LogP contribution in [0, 0.1) is 5.82 Å². The molecule has 0 fully saturated rings. The van der Waals surface area contributed by atoms with E-state index in [0.717, 1.165) is 24.4 Å². The Kier molecular flexibility index (Phi) is 4.13. The lowest BCUT2D eigenvalue weighted by atomic mass is 10.2. The Morgan fingerprint density at radius 2 is 1.90 bits per heavy atom. The van der Waals surface area contributed by atoms with Gasteiger partial charge in [0.2, 0.25) is 0 Å². The number of aromatic nitrogens is 1. The van der Waals surface area contributed by atoms with Crippen molar-refractivity contribution < 1.29 is 22.3 Å². The summed E-state index contributed by atoms with van der Waals surface area (Å²) in [6, 6.07) is 5.01. The number of hydrogen-bond acceptors (Lipinski definition) is 3. The molecule has 112 valence electrons. The lowest BCUT2D eigenvalue weighted by Gasteiger charge is -2.14. The maximum Gasteiger partial charge on any atom is 0.419 e. The number of nitrogens with zero attached hydrogens (tertiary/aromatic N) is 1. The molecule has 0 aliphatic carbocycles. The van der Waals surface area contributed by atoms with Gasteiger partial charge in [0.1, 0.15) is 17.3 Å². The van der Waals surface area contributed by atoms with E-state index >= 15 is 0 Å². The number of halogens is 4. The van der Waals surface area contributed by atoms with E-state index in [2.05, 4.69) is 4.98 Å². The topological polar surface area (TPSA) is 48.1 Å². The first-order valence-electron chi connectivity index (χ1n) is 6.04. The molecule has 0 radical (unpaired) electrons. The van der Waals surface area contributed by atoms with Crippen molar-refractivity contribution in [2.75, 3.05) is 0 Å². The minimum atomic E-state index is -4.56. The van der Waals surface area contributed by atoms with Crippen LogP contribution in [-0.2, 0) is 6.18 Å². The molecule has 7 heteroatoms. The molecule has 1 aromatic heterocycles. The zero-order valence-corrected chi connectivity index (χ0v) is 11.0. The smallest absolute Gasteiger partial charge is 0.419 e. The summed E-state index contributed by atoms with van der Waals surface area (Å²) < 4.78 is 57.2. The van der Waals surface area contributed by atoms with Crippen molar-refractivity contribution in [3.8, 4) is 11.5 Å². The van der Waals surface area contributed by atoms with Gasteiger partial charge in [-0.3, -0.25) is 4.98 Å². The first-order chi connectivity index (χ1) is 9.79. The normalized spacial score (nSPS) is 13.0. The second-order valence-electron chi connectivity index (χ2n) is 4.42. The minimum absolute atomic E-state index is 0.0199. The summed E-state index contributed by atoms with van der Waals surface area (Å²) in [5.41, 5.74) is 4.58. The van der Waals surface area contributed by atoms with Gasteiger partial charge in [0, 0.05) is 12.1 Å². The maximum absolute atomic E-state index is 13.7. The summed E-state index contributed by atoms with van der Waals surface area (Å²) in [5, 5.41) is 0. The quantitative estimate of drug-likeness (QED) is 0.870. The second kappa shape index (κ2) is 5.69. The van der Waals surface area contributed by atoms with E-state index in [9.17, 15) is 17.6 Å². The van der Waals surface area contributed by atoms with Crippen LogP contribution in [0.1, 0.15) is 24.2 Å². The van der Waals surface area contributed by atoms with Crippen LogP contribution >= 0.6 is 0 Å². The monoisotopic (exact) mass is 300 g/mol. The van der Waals surface area contributed by atoms with Gasteiger partial charge in [-0.15, -0.1) is 0 Å². The standard InChI is InChI=1S/C14H12F4N2O/c1-8(19)13-11(15)6-9(7-20-13)21-12-5-3-2-4-10(12)14(16,17)18/h2-8H,19H2,1H3. The van der Waals surface area contributed by atoms with Gasteiger partial charge in [-0.1, -0.05) is 12.1 Å². The largest absolute Gasteiger partial charge is 0.455 e. The van der Waals surface area contributed by atoms with Gasteiger partial charge in [-0.05, 0) is 19.1 Å². The maximum atomic E-state index is 13.7. The molecule has 1 heterocycles. The van der Waals surface area contributed by atoms with Gasteiger partial charge in [-0.25, -0.2) is 4.39 Å². The number of hydrogen-bond donors (Lipinski definition) is 1. The van der Waals surface area contributed by atoms with Crippen molar-refractivity contribution in [1.29, 1.82) is 0 Å². The van der Waals surface area contributed by atoms with Crippen LogP contribution in [0.15, 0.2) is 36.5 Å². The average molecular weight is 300 g/mol. The molecule has 0 aliphatic rings. The van der Waals surface area contributed by atoms with E-state index in [1.54, 1.807) is 6.92 Å². The Hall–Kier alpha value is -2.15. The first kappa shape index (κ1) is 15.2. The molecule has 2 aromatic rings. The summed E-state index contributed by atoms with van der Waals surface area (Å²) in [4.78, 5) is 3.76. The molecule has 1 aromatic carbocycles. The molecule has 1 atom stereocenters. The van der Waals surface area contributed by atoms with E-state index in [1.807, 2.05) is 0 Å². The fourth-order valence-electron chi connectivity index (χ4n) is 1.74. The van der Waals surface area contributed by atoms with Gasteiger partial charge in [0.05, 0.1) is 17.5 Å². The Morgan fingerprint density at radius 3 is 2.48 bits per heavy atom. The number of para-hydroxylation sites is 1. The molecule has 0 saturated heterocycles. The van der Waals surface area contributed by atoms with E-state index < -0.39 is 29.3 Å². The van der Waals surface area contributed by atoms with Crippen LogP contribution in [0.25, 0.3) is 0 Å². The Bertz CT molecular complexity index is 641. The summed E-state index contributed by atoms with van der Waals surface area (Å²) in [6.07, 6.45) is -3.43. The van der Waals surface area contributed by atoms with E-state index in [4.69, 9.17) is 10.5 Å². The number of pyridine rings is 1. The average Bonchev–Trinajstić information content (AvgIpc) is 2.37. The molecule has 0 saturated carbocycles. The van der Waals surface area contributed by atoms with E-state index in [0.29, 0.717) is 0 Å². The van der Waals surface area contributed by atoms with Gasteiger partial charge in [-0.2, -0.15) is 13.2 Å². The van der Waals surface area contributed by atoms with Crippen molar-refractivity contribution in [3.05, 3.63) is 53.6 Å². The first-order valence-corrected chi connectivity index (χ1v) is 6.04. The Labute approximate surface area is 118 Å². The summed E-state index contributed by atoms with van der Waals surface area (Å²) in [6.45, 7) is 1.55. The molecule has 1 unspecified atom stereocenters. The summed E-state index contributed by atoms with van der Waals surface area (Å²) in [5.74, 6) is -1.28. The van der Waals surface area contributed by atoms with Crippen LogP contribution in [0.3, 0.4) is 0 Å². The van der Waals surface area contributed by atoms with Crippen LogP contribution in [0.5, 0.6) is 11.5 Å². The van der Waals surface area contributed by atoms with Gasteiger partial charge >= 0.3 is 6.18 Å². The highest BCUT2D eigenvalue weighted by atomic mass is 19.4. The summed E-state index contributed by atoms with van der Waals surface area (Å²) >= 11 is 0. The lowest BCUT2D eigenvalue weighted by molar-refractivity contribution is -0.138. The number of nitrogens with two attached hydrogens (primary N) is 1. The number of ether oxygens (including phenoxy) is 1. The van der Waals surface area contributed by atoms with Gasteiger partial charge < -0.3 is 10.5 Å². The molecular weight excluding hydrogens is 288 g/mol. The van der Waals surface area contributed by atoms with Crippen molar-refractivity contribution in [3.63, 3.8) is 0 Å². The molecule has 0 spiro atoms. The zero-order valence-electron chi connectivity index (χ0n) is 11.0. The number of rotatable bonds is 3. The van der Waals surface area contributed by atoms with Crippen molar-refractivity contribution in [2.24, 2.45) is 5.73 Å². The highest BCUT2D eigenvalue weighted by Crippen LogP contribution is 2.37. The third-order valence-corrected chi connectivity index (χ3v) is 2.70. The third-order valence-electron chi connectivity index (χ3n) is 2.70. The van der Waals surface area contributed by atoms with Crippen LogP contribution in [0.2, 0.25) is 0 Å². The fourth-order valence-corrected chi connectivity index (χ4v) is 1.74. The Morgan fingerprint density at radius 1 is 1.24 bits per heavy atom. The molecule has 0 bridgehead atoms. The molecular formula is C14H12F4N2O. The number of benzene rings is 1. The molecule has 21 heavy (non-hydrogen) atoms. The minimum Gasteiger partial charge on any atom is -0.455 e. The fraction of sp³-hybridized carbons (Fsp3) is 0.214. The SMILES string of the molecule is CC(N)c1ncc(Oc2ccccc2C(F)(F)F)cc1F. The van der Waals surface area contributed by atoms with Crippen LogP contribution in [-0.4, -0.2) is 4.98 Å². The molecule has 3 nitrogen and oxygen atoms in total.